The van der Waals surface area contributed by atoms with Crippen molar-refractivity contribution in [1.29, 1.82) is 0 Å². The van der Waals surface area contributed by atoms with Crippen molar-refractivity contribution >= 4 is 52.5 Å². The molecule has 2 amide bonds. The SMILES string of the molecule is CCCN1C(=O)[C@@H]2[C@@H](CC(CO[Si](c3ccccc3)(c3ccccc3)C(C)(C)C)=C3[C@@H](CC/C(=C/c4cc(Br)ccc4O)CC)OC[C@@H]32)C1=O. The molecule has 3 aromatic carbocycles. The molecule has 6 rings (SSSR count). The Kier molecular flexibility index (Phi) is 11.0. The number of likely N-dealkylation sites (tertiary alicyclic amines) is 1. The molecule has 0 bridgehead atoms. The third-order valence-corrected chi connectivity index (χ3v) is 16.4. The summed E-state index contributed by atoms with van der Waals surface area (Å²) in [6.45, 7) is 12.3. The van der Waals surface area contributed by atoms with E-state index in [-0.39, 0.29) is 46.5 Å². The van der Waals surface area contributed by atoms with Crippen molar-refractivity contribution in [2.24, 2.45) is 17.8 Å². The number of carbonyl (C=O) groups is 2. The summed E-state index contributed by atoms with van der Waals surface area (Å²) in [6.07, 6.45) is 5.54. The molecule has 0 saturated carbocycles. The molecule has 50 heavy (non-hydrogen) atoms. The molecule has 264 valence electrons. The van der Waals surface area contributed by atoms with Crippen molar-refractivity contribution in [1.82, 2.24) is 4.90 Å². The van der Waals surface area contributed by atoms with Gasteiger partial charge in [0.1, 0.15) is 5.75 Å². The largest absolute Gasteiger partial charge is 0.507 e. The normalized spacial score (nSPS) is 22.7. The molecule has 8 heteroatoms. The highest BCUT2D eigenvalue weighted by Crippen LogP contribution is 2.50. The lowest BCUT2D eigenvalue weighted by molar-refractivity contribution is -0.140. The predicted octanol–water partition coefficient (Wildman–Crippen LogP) is 8.03. The lowest BCUT2D eigenvalue weighted by Crippen LogP contribution is -2.66. The number of aromatic hydroxyl groups is 1. The van der Waals surface area contributed by atoms with Gasteiger partial charge in [-0.1, -0.05) is 123 Å². The fourth-order valence-corrected chi connectivity index (χ4v) is 13.5. The van der Waals surface area contributed by atoms with Gasteiger partial charge in [0.25, 0.3) is 8.32 Å². The van der Waals surface area contributed by atoms with Gasteiger partial charge in [-0.15, -0.1) is 0 Å². The molecule has 3 aromatic rings. The zero-order chi connectivity index (χ0) is 35.6. The third-order valence-electron chi connectivity index (χ3n) is 11.0. The molecule has 0 spiro atoms. The smallest absolute Gasteiger partial charge is 0.261 e. The van der Waals surface area contributed by atoms with E-state index in [0.29, 0.717) is 26.2 Å². The van der Waals surface area contributed by atoms with Crippen LogP contribution in [0.25, 0.3) is 6.08 Å². The Balaban J connectivity index is 1.39. The Morgan fingerprint density at radius 3 is 2.24 bits per heavy atom. The summed E-state index contributed by atoms with van der Waals surface area (Å²) in [4.78, 5) is 29.2. The van der Waals surface area contributed by atoms with Crippen LogP contribution in [0.1, 0.15) is 72.3 Å². The number of phenols is 1. The van der Waals surface area contributed by atoms with Gasteiger partial charge in [0.15, 0.2) is 0 Å². The average Bonchev–Trinajstić information content (AvgIpc) is 3.63. The summed E-state index contributed by atoms with van der Waals surface area (Å²) in [6, 6.07) is 26.8. The second-order valence-corrected chi connectivity index (χ2v) is 20.2. The summed E-state index contributed by atoms with van der Waals surface area (Å²) in [5, 5.41) is 12.7. The molecule has 0 unspecified atom stereocenters. The minimum Gasteiger partial charge on any atom is -0.507 e. The number of fused-ring (bicyclic) bond motifs is 3. The van der Waals surface area contributed by atoms with Crippen LogP contribution in [-0.2, 0) is 18.8 Å². The summed E-state index contributed by atoms with van der Waals surface area (Å²) in [7, 11) is -2.86. The van der Waals surface area contributed by atoms with Crippen LogP contribution >= 0.6 is 15.9 Å². The van der Waals surface area contributed by atoms with Crippen LogP contribution in [0.3, 0.4) is 0 Å². The number of nitrogens with zero attached hydrogens (tertiary/aromatic N) is 1. The molecule has 2 saturated heterocycles. The Morgan fingerprint density at radius 2 is 1.64 bits per heavy atom. The van der Waals surface area contributed by atoms with Crippen molar-refractivity contribution in [3.8, 4) is 5.75 Å². The Hall–Kier alpha value is -3.30. The first-order chi connectivity index (χ1) is 24.0. The van der Waals surface area contributed by atoms with E-state index in [1.54, 1.807) is 6.07 Å². The number of ether oxygens (including phenoxy) is 1. The average molecular weight is 757 g/mol. The summed E-state index contributed by atoms with van der Waals surface area (Å²) in [5.74, 6) is -0.740. The van der Waals surface area contributed by atoms with E-state index in [4.69, 9.17) is 9.16 Å². The first kappa shape index (κ1) is 36.5. The Labute approximate surface area is 306 Å². The molecule has 1 aliphatic carbocycles. The third kappa shape index (κ3) is 6.84. The van der Waals surface area contributed by atoms with Crippen LogP contribution in [0.4, 0.5) is 0 Å². The van der Waals surface area contributed by atoms with Gasteiger partial charge in [0.2, 0.25) is 11.8 Å². The summed E-state index contributed by atoms with van der Waals surface area (Å²) >= 11 is 3.53. The van der Waals surface area contributed by atoms with Gasteiger partial charge in [0.05, 0.1) is 31.2 Å². The van der Waals surface area contributed by atoms with E-state index in [9.17, 15) is 14.7 Å². The van der Waals surface area contributed by atoms with Gasteiger partial charge in [-0.3, -0.25) is 14.5 Å². The topological polar surface area (TPSA) is 76.1 Å². The second-order valence-electron chi connectivity index (χ2n) is 15.0. The molecule has 2 aliphatic heterocycles. The maximum absolute atomic E-state index is 13.9. The van der Waals surface area contributed by atoms with E-state index in [1.807, 2.05) is 19.1 Å². The standard InChI is InChI=1S/C42H50BrNO5Si/c1-6-22-44-40(46)34-25-30(26-49-50(42(3,4)5,32-14-10-8-11-15-32)33-16-12-9-13-17-33)38-35(39(34)41(44)47)27-48-37(38)21-18-28(7-2)23-29-24-31(43)19-20-36(29)45/h8-17,19-20,23-24,34-35,37,39,45H,6-7,18,21-22,25-27H2,1-5H3/b28-23+/t34-,35+,37-,39-/m1/s1. The molecular formula is C42H50BrNO5Si. The number of imide groups is 1. The van der Waals surface area contributed by atoms with E-state index in [1.165, 1.54) is 26.4 Å². The number of hydrogen-bond donors (Lipinski definition) is 1. The quantitative estimate of drug-likeness (QED) is 0.115. The van der Waals surface area contributed by atoms with Crippen LogP contribution in [0.5, 0.6) is 5.75 Å². The van der Waals surface area contributed by atoms with Crippen molar-refractivity contribution in [3.05, 3.63) is 106 Å². The van der Waals surface area contributed by atoms with Crippen molar-refractivity contribution < 1.29 is 23.9 Å². The van der Waals surface area contributed by atoms with Crippen molar-refractivity contribution in [2.45, 2.75) is 77.9 Å². The van der Waals surface area contributed by atoms with Crippen LogP contribution < -0.4 is 10.4 Å². The zero-order valence-corrected chi connectivity index (χ0v) is 32.5. The van der Waals surface area contributed by atoms with Gasteiger partial charge in [-0.25, -0.2) is 0 Å². The van der Waals surface area contributed by atoms with Crippen LogP contribution in [0.15, 0.2) is 100 Å². The number of benzene rings is 3. The van der Waals surface area contributed by atoms with Gasteiger partial charge in [0, 0.05) is 22.5 Å². The fourth-order valence-electron chi connectivity index (χ4n) is 8.60. The van der Waals surface area contributed by atoms with E-state index < -0.39 is 8.32 Å². The van der Waals surface area contributed by atoms with Crippen LogP contribution in [0.2, 0.25) is 5.04 Å². The van der Waals surface area contributed by atoms with E-state index in [2.05, 4.69) is 110 Å². The predicted molar refractivity (Wildman–Crippen MR) is 206 cm³/mol. The number of amides is 2. The molecule has 3 aliphatic rings. The maximum atomic E-state index is 13.9. The van der Waals surface area contributed by atoms with Crippen molar-refractivity contribution in [3.63, 3.8) is 0 Å². The van der Waals surface area contributed by atoms with Gasteiger partial charge < -0.3 is 14.3 Å². The molecule has 4 atom stereocenters. The number of allylic oxidation sites excluding steroid dienone is 1. The van der Waals surface area contributed by atoms with Gasteiger partial charge >= 0.3 is 0 Å². The monoisotopic (exact) mass is 755 g/mol. The van der Waals surface area contributed by atoms with E-state index in [0.717, 1.165) is 41.3 Å². The molecule has 1 N–H and O–H groups in total. The second kappa shape index (κ2) is 15.1. The Morgan fingerprint density at radius 1 is 0.980 bits per heavy atom. The van der Waals surface area contributed by atoms with Crippen molar-refractivity contribution in [2.75, 3.05) is 19.8 Å². The van der Waals surface area contributed by atoms with E-state index >= 15 is 0 Å². The lowest BCUT2D eigenvalue weighted by atomic mass is 9.69. The maximum Gasteiger partial charge on any atom is 0.261 e. The Bertz CT molecular complexity index is 1730. The molecule has 2 fully saturated rings. The highest BCUT2D eigenvalue weighted by Gasteiger charge is 2.57. The molecular weight excluding hydrogens is 706 g/mol. The molecule has 6 nitrogen and oxygen atoms in total. The summed E-state index contributed by atoms with van der Waals surface area (Å²) < 4.78 is 15.0. The minimum atomic E-state index is -2.86. The lowest BCUT2D eigenvalue weighted by Gasteiger charge is -2.44. The molecule has 0 aromatic heterocycles. The summed E-state index contributed by atoms with van der Waals surface area (Å²) in [5.41, 5.74) is 4.29. The van der Waals surface area contributed by atoms with Gasteiger partial charge in [-0.2, -0.15) is 0 Å². The minimum absolute atomic E-state index is 0.0418. The zero-order valence-electron chi connectivity index (χ0n) is 30.0. The number of carbonyl (C=O) groups excluding carboxylic acids is 2. The van der Waals surface area contributed by atoms with Crippen LogP contribution in [-0.4, -0.2) is 56.0 Å². The molecule has 2 heterocycles. The van der Waals surface area contributed by atoms with Crippen LogP contribution in [0, 0.1) is 17.8 Å². The molecule has 0 radical (unpaired) electrons. The number of halogens is 1. The highest BCUT2D eigenvalue weighted by molar-refractivity contribution is 9.10. The first-order valence-corrected chi connectivity index (χ1v) is 20.8. The number of hydrogen-bond acceptors (Lipinski definition) is 5. The van der Waals surface area contributed by atoms with Gasteiger partial charge in [-0.05, 0) is 76.9 Å². The fraction of sp³-hybridized carbons (Fsp3) is 0.429. The number of rotatable bonds is 12. The number of phenolic OH excluding ortho intramolecular Hbond substituents is 1. The first-order valence-electron chi connectivity index (χ1n) is 18.1. The highest BCUT2D eigenvalue weighted by atomic mass is 79.9.